The van der Waals surface area contributed by atoms with Crippen LogP contribution in [0.3, 0.4) is 0 Å². The van der Waals surface area contributed by atoms with E-state index < -0.39 is 11.6 Å². The van der Waals surface area contributed by atoms with Crippen LogP contribution in [-0.4, -0.2) is 12.7 Å². The van der Waals surface area contributed by atoms with Crippen molar-refractivity contribution >= 4 is 0 Å². The SMILES string of the molecule is C=CC1CCC(C2CCC(C3CCC(OCc4ccc(OCC)c(F)c4F)CC3)CC2)CC1. The summed E-state index contributed by atoms with van der Waals surface area (Å²) in [7, 11) is 0. The summed E-state index contributed by atoms with van der Waals surface area (Å²) in [5, 5.41) is 0. The third kappa shape index (κ3) is 6.18. The Labute approximate surface area is 199 Å². The Balaban J connectivity index is 1.17. The second-order valence-corrected chi connectivity index (χ2v) is 10.7. The van der Waals surface area contributed by atoms with Crippen LogP contribution in [0.15, 0.2) is 24.8 Å². The van der Waals surface area contributed by atoms with Crippen molar-refractivity contribution in [2.24, 2.45) is 29.6 Å². The van der Waals surface area contributed by atoms with Crippen molar-refractivity contribution in [2.75, 3.05) is 6.61 Å². The van der Waals surface area contributed by atoms with E-state index in [-0.39, 0.29) is 24.0 Å². The van der Waals surface area contributed by atoms with Crippen LogP contribution in [0, 0.1) is 41.2 Å². The van der Waals surface area contributed by atoms with Crippen LogP contribution in [0.25, 0.3) is 0 Å². The molecule has 3 saturated carbocycles. The highest BCUT2D eigenvalue weighted by atomic mass is 19.2. The van der Waals surface area contributed by atoms with E-state index in [2.05, 4.69) is 12.7 Å². The molecular weight excluding hydrogens is 418 g/mol. The third-order valence-corrected chi connectivity index (χ3v) is 8.92. The lowest BCUT2D eigenvalue weighted by Crippen LogP contribution is -2.31. The Hall–Kier alpha value is -1.42. The van der Waals surface area contributed by atoms with Crippen molar-refractivity contribution in [3.63, 3.8) is 0 Å². The molecule has 3 fully saturated rings. The summed E-state index contributed by atoms with van der Waals surface area (Å²) in [6, 6.07) is 3.08. The van der Waals surface area contributed by atoms with Crippen LogP contribution >= 0.6 is 0 Å². The highest BCUT2D eigenvalue weighted by Gasteiger charge is 2.34. The van der Waals surface area contributed by atoms with Crippen LogP contribution in [0.2, 0.25) is 0 Å². The Kier molecular flexibility index (Phi) is 8.85. The highest BCUT2D eigenvalue weighted by Crippen LogP contribution is 2.45. The van der Waals surface area contributed by atoms with Gasteiger partial charge in [0.1, 0.15) is 0 Å². The maximum absolute atomic E-state index is 14.3. The summed E-state index contributed by atoms with van der Waals surface area (Å²) < 4.78 is 39.5. The Morgan fingerprint density at radius 3 is 1.82 bits per heavy atom. The number of hydrogen-bond donors (Lipinski definition) is 0. The fraction of sp³-hybridized carbons (Fsp3) is 0.724. The van der Waals surface area contributed by atoms with E-state index in [1.54, 1.807) is 13.0 Å². The normalized spacial score (nSPS) is 32.9. The molecule has 0 heterocycles. The van der Waals surface area contributed by atoms with E-state index in [1.165, 1.54) is 70.3 Å². The fourth-order valence-electron chi connectivity index (χ4n) is 6.82. The Bertz CT molecular complexity index is 755. The van der Waals surface area contributed by atoms with Gasteiger partial charge in [-0.3, -0.25) is 0 Å². The summed E-state index contributed by atoms with van der Waals surface area (Å²) in [6.07, 6.45) is 18.0. The van der Waals surface area contributed by atoms with E-state index in [0.717, 1.165) is 42.4 Å². The standard InChI is InChI=1S/C29H42F2O2/c1-3-20-5-7-21(8-6-20)22-9-11-23(12-10-22)24-13-16-26(17-14-24)33-19-25-15-18-27(32-4-2)29(31)28(25)30/h3,15,18,20-24,26H,1,4-14,16-17,19H2,2H3. The van der Waals surface area contributed by atoms with Crippen molar-refractivity contribution in [2.45, 2.75) is 96.7 Å². The van der Waals surface area contributed by atoms with Gasteiger partial charge in [-0.2, -0.15) is 4.39 Å². The molecule has 0 atom stereocenters. The molecule has 0 aromatic heterocycles. The van der Waals surface area contributed by atoms with Crippen LogP contribution in [0.4, 0.5) is 8.78 Å². The van der Waals surface area contributed by atoms with E-state index >= 15 is 0 Å². The molecule has 0 saturated heterocycles. The van der Waals surface area contributed by atoms with Crippen LogP contribution in [-0.2, 0) is 11.3 Å². The molecule has 4 heteroatoms. The van der Waals surface area contributed by atoms with Crippen LogP contribution < -0.4 is 4.74 Å². The predicted octanol–water partition coefficient (Wildman–Crippen LogP) is 8.24. The van der Waals surface area contributed by atoms with Crippen molar-refractivity contribution in [1.29, 1.82) is 0 Å². The van der Waals surface area contributed by atoms with Gasteiger partial charge in [-0.1, -0.05) is 6.08 Å². The first-order valence-electron chi connectivity index (χ1n) is 13.4. The lowest BCUT2D eigenvalue weighted by Gasteiger charge is -2.41. The number of hydrogen-bond acceptors (Lipinski definition) is 2. The number of halogens is 2. The van der Waals surface area contributed by atoms with Crippen molar-refractivity contribution in [3.8, 4) is 5.75 Å². The Morgan fingerprint density at radius 2 is 1.30 bits per heavy atom. The molecule has 33 heavy (non-hydrogen) atoms. The molecule has 0 N–H and O–H groups in total. The molecular formula is C29H42F2O2. The second kappa shape index (κ2) is 11.8. The van der Waals surface area contributed by atoms with Crippen molar-refractivity contribution < 1.29 is 18.3 Å². The van der Waals surface area contributed by atoms with E-state index in [1.807, 2.05) is 0 Å². The topological polar surface area (TPSA) is 18.5 Å². The maximum atomic E-state index is 14.3. The Morgan fingerprint density at radius 1 is 0.788 bits per heavy atom. The van der Waals surface area contributed by atoms with Gasteiger partial charge in [-0.05, 0) is 126 Å². The molecule has 0 aliphatic heterocycles. The van der Waals surface area contributed by atoms with Crippen molar-refractivity contribution in [1.82, 2.24) is 0 Å². The van der Waals surface area contributed by atoms with Gasteiger partial charge in [0.05, 0.1) is 19.3 Å². The predicted molar refractivity (Wildman–Crippen MR) is 129 cm³/mol. The summed E-state index contributed by atoms with van der Waals surface area (Å²) in [5.41, 5.74) is 0.276. The highest BCUT2D eigenvalue weighted by molar-refractivity contribution is 5.30. The van der Waals surface area contributed by atoms with Crippen LogP contribution in [0.1, 0.15) is 89.5 Å². The first-order valence-corrected chi connectivity index (χ1v) is 13.4. The number of rotatable bonds is 8. The van der Waals surface area contributed by atoms with E-state index in [0.29, 0.717) is 6.61 Å². The largest absolute Gasteiger partial charge is 0.491 e. The minimum absolute atomic E-state index is 0.0292. The number of benzene rings is 1. The molecule has 0 radical (unpaired) electrons. The summed E-state index contributed by atoms with van der Waals surface area (Å²) in [4.78, 5) is 0. The first kappa shape index (κ1) is 24.7. The quantitative estimate of drug-likeness (QED) is 0.364. The molecule has 1 aromatic carbocycles. The van der Waals surface area contributed by atoms with E-state index in [4.69, 9.17) is 9.47 Å². The second-order valence-electron chi connectivity index (χ2n) is 10.7. The van der Waals surface area contributed by atoms with Gasteiger partial charge in [-0.15, -0.1) is 6.58 Å². The molecule has 0 bridgehead atoms. The maximum Gasteiger partial charge on any atom is 0.200 e. The van der Waals surface area contributed by atoms with Gasteiger partial charge in [0.2, 0.25) is 5.82 Å². The zero-order valence-corrected chi connectivity index (χ0v) is 20.4. The molecule has 4 rings (SSSR count). The van der Waals surface area contributed by atoms with Gasteiger partial charge < -0.3 is 9.47 Å². The van der Waals surface area contributed by atoms with Gasteiger partial charge in [0.25, 0.3) is 0 Å². The molecule has 0 spiro atoms. The van der Waals surface area contributed by atoms with E-state index in [9.17, 15) is 8.78 Å². The summed E-state index contributed by atoms with van der Waals surface area (Å²) in [6.45, 7) is 6.18. The van der Waals surface area contributed by atoms with Crippen LogP contribution in [0.5, 0.6) is 5.75 Å². The average molecular weight is 461 g/mol. The summed E-state index contributed by atoms with van der Waals surface area (Å²) >= 11 is 0. The minimum Gasteiger partial charge on any atom is -0.491 e. The average Bonchev–Trinajstić information content (AvgIpc) is 2.87. The molecule has 0 amide bonds. The van der Waals surface area contributed by atoms with Crippen molar-refractivity contribution in [3.05, 3.63) is 42.0 Å². The minimum atomic E-state index is -0.911. The molecule has 3 aliphatic rings. The lowest BCUT2D eigenvalue weighted by molar-refractivity contribution is -0.00519. The molecule has 3 aliphatic carbocycles. The molecule has 184 valence electrons. The molecule has 0 unspecified atom stereocenters. The molecule has 2 nitrogen and oxygen atoms in total. The fourth-order valence-corrected chi connectivity index (χ4v) is 6.82. The van der Waals surface area contributed by atoms with Gasteiger partial charge in [-0.25, -0.2) is 4.39 Å². The lowest BCUT2D eigenvalue weighted by atomic mass is 9.65. The van der Waals surface area contributed by atoms with Gasteiger partial charge in [0.15, 0.2) is 11.6 Å². The van der Waals surface area contributed by atoms with Gasteiger partial charge in [0, 0.05) is 5.56 Å². The number of allylic oxidation sites excluding steroid dienone is 1. The monoisotopic (exact) mass is 460 g/mol. The molecule has 1 aromatic rings. The third-order valence-electron chi connectivity index (χ3n) is 8.92. The zero-order chi connectivity index (χ0) is 23.2. The smallest absolute Gasteiger partial charge is 0.200 e. The summed E-state index contributed by atoms with van der Waals surface area (Å²) in [5.74, 6) is 2.59. The zero-order valence-electron chi connectivity index (χ0n) is 20.4. The number of ether oxygens (including phenoxy) is 2. The first-order chi connectivity index (χ1) is 16.1. The van der Waals surface area contributed by atoms with Gasteiger partial charge >= 0.3 is 0 Å².